The van der Waals surface area contributed by atoms with E-state index < -0.39 is 28.5 Å². The number of methoxy groups -OCH3 is 1. The minimum absolute atomic E-state index is 0.00219. The van der Waals surface area contributed by atoms with Crippen molar-refractivity contribution in [3.63, 3.8) is 0 Å². The zero-order valence-corrected chi connectivity index (χ0v) is 25.8. The predicted molar refractivity (Wildman–Crippen MR) is 163 cm³/mol. The van der Waals surface area contributed by atoms with Crippen LogP contribution in [0.2, 0.25) is 5.02 Å². The van der Waals surface area contributed by atoms with Gasteiger partial charge in [0.1, 0.15) is 18.3 Å². The molecule has 0 radical (unpaired) electrons. The number of carbonyl (C=O) groups is 2. The molecule has 0 heterocycles. The number of hydrogen-bond donors (Lipinski definition) is 1. The molecule has 0 aliphatic carbocycles. The number of ether oxygens (including phenoxy) is 1. The summed E-state index contributed by atoms with van der Waals surface area (Å²) in [7, 11) is -2.60. The van der Waals surface area contributed by atoms with Crippen LogP contribution in [-0.4, -0.2) is 51.4 Å². The van der Waals surface area contributed by atoms with Gasteiger partial charge in [-0.3, -0.25) is 13.9 Å². The number of hydrogen-bond acceptors (Lipinski definition) is 5. The van der Waals surface area contributed by atoms with Gasteiger partial charge in [0, 0.05) is 18.1 Å². The quantitative estimate of drug-likeness (QED) is 0.280. The molecule has 8 nitrogen and oxygen atoms in total. The first-order valence-electron chi connectivity index (χ1n) is 13.6. The maximum atomic E-state index is 14.1. The Balaban J connectivity index is 2.07. The largest absolute Gasteiger partial charge is 0.497 e. The van der Waals surface area contributed by atoms with Crippen LogP contribution in [0.15, 0.2) is 71.6 Å². The lowest BCUT2D eigenvalue weighted by atomic mass is 10.1. The normalized spacial score (nSPS) is 12.0. The second-order valence-corrected chi connectivity index (χ2v) is 12.1. The molecule has 0 saturated heterocycles. The van der Waals surface area contributed by atoms with Gasteiger partial charge in [-0.2, -0.15) is 0 Å². The van der Waals surface area contributed by atoms with E-state index in [1.54, 1.807) is 31.4 Å². The molecule has 0 bridgehead atoms. The molecule has 3 rings (SSSR count). The van der Waals surface area contributed by atoms with Crippen molar-refractivity contribution in [2.45, 2.75) is 58.0 Å². The first-order valence-corrected chi connectivity index (χ1v) is 15.4. The lowest BCUT2D eigenvalue weighted by Gasteiger charge is -2.33. The van der Waals surface area contributed by atoms with Crippen molar-refractivity contribution in [2.24, 2.45) is 0 Å². The lowest BCUT2D eigenvalue weighted by Crippen LogP contribution is -2.52. The Bertz CT molecular complexity index is 1440. The Hall–Kier alpha value is -3.56. The highest BCUT2D eigenvalue weighted by Gasteiger charge is 2.33. The Morgan fingerprint density at radius 2 is 1.61 bits per heavy atom. The Kier molecular flexibility index (Phi) is 11.2. The van der Waals surface area contributed by atoms with Gasteiger partial charge in [-0.1, -0.05) is 43.6 Å². The second kappa shape index (κ2) is 14.4. The zero-order chi connectivity index (χ0) is 30.2. The fraction of sp³-hybridized carbons (Fsp3) is 0.355. The van der Waals surface area contributed by atoms with Crippen LogP contribution in [0.25, 0.3) is 0 Å². The molecule has 3 aromatic carbocycles. The van der Waals surface area contributed by atoms with Gasteiger partial charge in [0.15, 0.2) is 0 Å². The number of aryl methyl sites for hydroxylation is 2. The van der Waals surface area contributed by atoms with E-state index in [0.717, 1.165) is 27.4 Å². The minimum atomic E-state index is -4.17. The SMILES string of the molecule is CCCNC(=O)C(CC)N(Cc1ccc(OC)cc1)C(=O)CN(c1ccc(C)c(C)c1)S(=O)(=O)c1ccc(Cl)cc1. The van der Waals surface area contributed by atoms with Gasteiger partial charge in [-0.05, 0) is 91.9 Å². The minimum Gasteiger partial charge on any atom is -0.497 e. The summed E-state index contributed by atoms with van der Waals surface area (Å²) in [4.78, 5) is 28.8. The van der Waals surface area contributed by atoms with Gasteiger partial charge in [-0.15, -0.1) is 0 Å². The third kappa shape index (κ3) is 8.01. The molecular formula is C31H38ClN3O5S. The molecule has 10 heteroatoms. The first kappa shape index (κ1) is 32.0. The number of anilines is 1. The van der Waals surface area contributed by atoms with E-state index in [-0.39, 0.29) is 17.3 Å². The van der Waals surface area contributed by atoms with Crippen molar-refractivity contribution in [2.75, 3.05) is 24.5 Å². The number of nitrogens with zero attached hydrogens (tertiary/aromatic N) is 2. The van der Waals surface area contributed by atoms with Crippen LogP contribution in [0, 0.1) is 13.8 Å². The van der Waals surface area contributed by atoms with Crippen molar-refractivity contribution >= 4 is 39.1 Å². The van der Waals surface area contributed by atoms with E-state index >= 15 is 0 Å². The fourth-order valence-corrected chi connectivity index (χ4v) is 5.89. The van der Waals surface area contributed by atoms with Gasteiger partial charge in [-0.25, -0.2) is 8.42 Å². The van der Waals surface area contributed by atoms with Gasteiger partial charge in [0.2, 0.25) is 11.8 Å². The highest BCUT2D eigenvalue weighted by atomic mass is 35.5. The van der Waals surface area contributed by atoms with Gasteiger partial charge in [0.05, 0.1) is 17.7 Å². The Morgan fingerprint density at radius 3 is 2.17 bits per heavy atom. The molecule has 41 heavy (non-hydrogen) atoms. The maximum absolute atomic E-state index is 14.1. The van der Waals surface area contributed by atoms with Crippen molar-refractivity contribution in [3.05, 3.63) is 88.4 Å². The summed E-state index contributed by atoms with van der Waals surface area (Å²) in [5.74, 6) is -0.126. The molecule has 0 aromatic heterocycles. The topological polar surface area (TPSA) is 96.0 Å². The third-order valence-corrected chi connectivity index (χ3v) is 8.95. The molecule has 0 fully saturated rings. The van der Waals surface area contributed by atoms with E-state index in [4.69, 9.17) is 16.3 Å². The molecule has 0 spiro atoms. The van der Waals surface area contributed by atoms with Gasteiger partial charge in [0.25, 0.3) is 10.0 Å². The maximum Gasteiger partial charge on any atom is 0.264 e. The summed E-state index contributed by atoms with van der Waals surface area (Å²) in [5, 5.41) is 3.28. The third-order valence-electron chi connectivity index (χ3n) is 6.91. The first-order chi connectivity index (χ1) is 19.5. The van der Waals surface area contributed by atoms with Crippen LogP contribution in [0.5, 0.6) is 5.75 Å². The monoisotopic (exact) mass is 599 g/mol. The number of benzene rings is 3. The predicted octanol–water partition coefficient (Wildman–Crippen LogP) is 5.49. The van der Waals surface area contributed by atoms with Crippen LogP contribution in [0.1, 0.15) is 43.4 Å². The van der Waals surface area contributed by atoms with Crippen LogP contribution in [0.4, 0.5) is 5.69 Å². The average molecular weight is 600 g/mol. The summed E-state index contributed by atoms with van der Waals surface area (Å²) >= 11 is 6.02. The smallest absolute Gasteiger partial charge is 0.264 e. The van der Waals surface area contributed by atoms with Gasteiger partial charge >= 0.3 is 0 Å². The summed E-state index contributed by atoms with van der Waals surface area (Å²) in [6, 6.07) is 17.5. The summed E-state index contributed by atoms with van der Waals surface area (Å²) < 4.78 is 34.3. The van der Waals surface area contributed by atoms with Crippen molar-refractivity contribution in [1.29, 1.82) is 0 Å². The highest BCUT2D eigenvalue weighted by Crippen LogP contribution is 2.27. The highest BCUT2D eigenvalue weighted by molar-refractivity contribution is 7.92. The van der Waals surface area contributed by atoms with E-state index in [1.807, 2.05) is 45.9 Å². The number of nitrogens with one attached hydrogen (secondary N) is 1. The number of rotatable bonds is 13. The second-order valence-electron chi connectivity index (χ2n) is 9.82. The molecule has 2 amide bonds. The van der Waals surface area contributed by atoms with Crippen LogP contribution < -0.4 is 14.4 Å². The molecule has 1 atom stereocenters. The molecule has 0 saturated carbocycles. The van der Waals surface area contributed by atoms with Crippen molar-refractivity contribution in [3.8, 4) is 5.75 Å². The number of halogens is 1. The molecular weight excluding hydrogens is 562 g/mol. The molecule has 0 aliphatic rings. The Labute approximate surface area is 248 Å². The van der Waals surface area contributed by atoms with E-state index in [1.165, 1.54) is 29.2 Å². The van der Waals surface area contributed by atoms with E-state index in [2.05, 4.69) is 5.32 Å². The molecule has 220 valence electrons. The Morgan fingerprint density at radius 1 is 0.951 bits per heavy atom. The van der Waals surface area contributed by atoms with Crippen LogP contribution >= 0.6 is 11.6 Å². The fourth-order valence-electron chi connectivity index (χ4n) is 4.36. The van der Waals surface area contributed by atoms with Crippen molar-refractivity contribution < 1.29 is 22.7 Å². The van der Waals surface area contributed by atoms with Crippen molar-refractivity contribution in [1.82, 2.24) is 10.2 Å². The standard InChI is InChI=1S/C31H38ClN3O5S/c1-6-18-33-31(37)29(7-2)34(20-24-9-14-27(40-5)15-10-24)30(36)21-35(26-13-8-22(3)23(4)19-26)41(38,39)28-16-11-25(32)12-17-28/h8-17,19,29H,6-7,18,20-21H2,1-5H3,(H,33,37). The molecule has 3 aromatic rings. The summed E-state index contributed by atoms with van der Waals surface area (Å²) in [6.45, 7) is 7.68. The summed E-state index contributed by atoms with van der Waals surface area (Å²) in [5.41, 5.74) is 3.00. The molecule has 0 aliphatic heterocycles. The number of sulfonamides is 1. The van der Waals surface area contributed by atoms with Crippen LogP contribution in [-0.2, 0) is 26.2 Å². The lowest BCUT2D eigenvalue weighted by molar-refractivity contribution is -0.140. The van der Waals surface area contributed by atoms with E-state index in [9.17, 15) is 18.0 Å². The van der Waals surface area contributed by atoms with Crippen LogP contribution in [0.3, 0.4) is 0 Å². The average Bonchev–Trinajstić information content (AvgIpc) is 2.96. The van der Waals surface area contributed by atoms with E-state index in [0.29, 0.717) is 29.4 Å². The number of amides is 2. The number of carbonyl (C=O) groups excluding carboxylic acids is 2. The molecule has 1 unspecified atom stereocenters. The van der Waals surface area contributed by atoms with Gasteiger partial charge < -0.3 is 15.0 Å². The zero-order valence-electron chi connectivity index (χ0n) is 24.2. The molecule has 1 N–H and O–H groups in total. The summed E-state index contributed by atoms with van der Waals surface area (Å²) in [6.07, 6.45) is 1.10.